The zero-order chi connectivity index (χ0) is 32.2. The van der Waals surface area contributed by atoms with Crippen molar-refractivity contribution in [3.63, 3.8) is 0 Å². The number of nitrogens with one attached hydrogen (secondary N) is 1. The van der Waals surface area contributed by atoms with Crippen molar-refractivity contribution >= 4 is 34.3 Å². The Hall–Kier alpha value is -4.05. The first-order chi connectivity index (χ1) is 21.2. The lowest BCUT2D eigenvalue weighted by molar-refractivity contribution is -0.140. The summed E-state index contributed by atoms with van der Waals surface area (Å²) in [5, 5.41) is 23.4. The van der Waals surface area contributed by atoms with Crippen LogP contribution in [-0.4, -0.2) is 80.6 Å². The fourth-order valence-electron chi connectivity index (χ4n) is 7.51. The molecule has 3 fully saturated rings. The summed E-state index contributed by atoms with van der Waals surface area (Å²) in [6.07, 6.45) is -4.12. The number of aromatic nitrogens is 3. The Morgan fingerprint density at radius 1 is 1.22 bits per heavy atom. The standard InChI is InChI=1S/C29H30F5N7O4/c1-11-19(29(32,33)34)14(7-15(35)20(11)30)22-21(31)23-18-25(39-27(38-23)41-6-5-28(41,10-42)8-17(43)44)40-9-13-3-4-16(36-13)24(40)12(2)45-26(18)37-22/h7,12-13,16,24,36,42H,3-6,8-10,35H2,1-2H3,(H,43,44)/t12-,13+,16-,24+,28?/m0/s1. The van der Waals surface area contributed by atoms with Crippen LogP contribution >= 0.6 is 0 Å². The number of aliphatic carboxylic acids is 1. The molecule has 11 nitrogen and oxygen atoms in total. The largest absolute Gasteiger partial charge is 0.481 e. The summed E-state index contributed by atoms with van der Waals surface area (Å²) < 4.78 is 80.8. The van der Waals surface area contributed by atoms with Crippen molar-refractivity contribution in [2.45, 2.75) is 75.5 Å². The van der Waals surface area contributed by atoms with Gasteiger partial charge in [0, 0.05) is 30.7 Å². The second-order valence-electron chi connectivity index (χ2n) is 12.3. The Kier molecular flexibility index (Phi) is 6.57. The zero-order valence-electron chi connectivity index (χ0n) is 24.3. The molecule has 4 aliphatic heterocycles. The van der Waals surface area contributed by atoms with Gasteiger partial charge in [-0.25, -0.2) is 18.7 Å². The number of anilines is 3. The molecule has 1 aromatic carbocycles. The molecule has 0 aliphatic carbocycles. The third-order valence-electron chi connectivity index (χ3n) is 9.69. The van der Waals surface area contributed by atoms with Crippen LogP contribution in [0.1, 0.15) is 43.7 Å². The number of rotatable bonds is 5. The predicted octanol–water partition coefficient (Wildman–Crippen LogP) is 3.39. The molecule has 6 heterocycles. The van der Waals surface area contributed by atoms with Gasteiger partial charge in [-0.15, -0.1) is 0 Å². The number of nitrogens with zero attached hydrogens (tertiary/aromatic N) is 5. The van der Waals surface area contributed by atoms with Crippen molar-refractivity contribution < 1.29 is 41.7 Å². The summed E-state index contributed by atoms with van der Waals surface area (Å²) in [5.74, 6) is -3.73. The van der Waals surface area contributed by atoms with Gasteiger partial charge in [0.2, 0.25) is 11.8 Å². The Balaban J connectivity index is 1.53. The van der Waals surface area contributed by atoms with E-state index in [1.807, 2.05) is 4.90 Å². The van der Waals surface area contributed by atoms with Gasteiger partial charge in [0.15, 0.2) is 5.82 Å². The SMILES string of the molecule is Cc1c(F)c(N)cc(-c2nc3c4c(nc(N5CCC5(CO)CC(=O)O)nc4c2F)N2C[C@H]4CC[C@H](N4)[C@H]2[C@H](C)O3)c1C(F)(F)F. The van der Waals surface area contributed by atoms with Crippen LogP contribution in [0.2, 0.25) is 0 Å². The number of benzene rings is 1. The molecule has 2 bridgehead atoms. The minimum absolute atomic E-state index is 0.0326. The van der Waals surface area contributed by atoms with E-state index in [1.165, 1.54) is 4.90 Å². The monoisotopic (exact) mass is 635 g/mol. The first kappa shape index (κ1) is 29.6. The molecule has 5 N–H and O–H groups in total. The number of carboxylic acids is 1. The van der Waals surface area contributed by atoms with E-state index in [2.05, 4.69) is 15.3 Å². The molecule has 16 heteroatoms. The predicted molar refractivity (Wildman–Crippen MR) is 152 cm³/mol. The molecule has 0 saturated carbocycles. The van der Waals surface area contributed by atoms with Gasteiger partial charge >= 0.3 is 12.1 Å². The molecule has 3 saturated heterocycles. The average molecular weight is 636 g/mol. The van der Waals surface area contributed by atoms with Crippen LogP contribution in [0, 0.1) is 18.6 Å². The first-order valence-corrected chi connectivity index (χ1v) is 14.6. The van der Waals surface area contributed by atoms with Gasteiger partial charge in [-0.3, -0.25) is 4.79 Å². The minimum Gasteiger partial charge on any atom is -0.481 e. The van der Waals surface area contributed by atoms with E-state index in [1.54, 1.807) is 6.92 Å². The molecule has 0 amide bonds. The molecule has 7 rings (SSSR count). The smallest absolute Gasteiger partial charge is 0.417 e. The number of hydrogen-bond acceptors (Lipinski definition) is 10. The minimum atomic E-state index is -5.10. The van der Waals surface area contributed by atoms with E-state index in [9.17, 15) is 32.6 Å². The Bertz CT molecular complexity index is 1750. The summed E-state index contributed by atoms with van der Waals surface area (Å²) in [6.45, 7) is 2.86. The molecule has 240 valence electrons. The van der Waals surface area contributed by atoms with E-state index >= 15 is 4.39 Å². The van der Waals surface area contributed by atoms with Gasteiger partial charge in [0.25, 0.3) is 0 Å². The highest BCUT2D eigenvalue weighted by Crippen LogP contribution is 2.48. The molecule has 45 heavy (non-hydrogen) atoms. The first-order valence-electron chi connectivity index (χ1n) is 14.6. The van der Waals surface area contributed by atoms with Crippen molar-refractivity contribution in [3.05, 3.63) is 28.8 Å². The van der Waals surface area contributed by atoms with Crippen molar-refractivity contribution in [2.24, 2.45) is 0 Å². The number of carbonyl (C=O) groups is 1. The van der Waals surface area contributed by atoms with Gasteiger partial charge in [-0.05, 0) is 44.7 Å². The topological polar surface area (TPSA) is 150 Å². The van der Waals surface area contributed by atoms with Crippen LogP contribution in [0.4, 0.5) is 39.4 Å². The number of aliphatic hydroxyl groups is 1. The van der Waals surface area contributed by atoms with E-state index < -0.39 is 82.0 Å². The van der Waals surface area contributed by atoms with E-state index in [0.717, 1.165) is 19.8 Å². The average Bonchev–Trinajstić information content (AvgIpc) is 3.28. The van der Waals surface area contributed by atoms with Crippen molar-refractivity contribution in [1.82, 2.24) is 20.3 Å². The Morgan fingerprint density at radius 2 is 1.98 bits per heavy atom. The molecular weight excluding hydrogens is 605 g/mol. The van der Waals surface area contributed by atoms with Crippen molar-refractivity contribution in [3.8, 4) is 17.1 Å². The quantitative estimate of drug-likeness (QED) is 0.241. The normalized spacial score (nSPS) is 27.2. The van der Waals surface area contributed by atoms with E-state index in [0.29, 0.717) is 19.0 Å². The fraction of sp³-hybridized carbons (Fsp3) is 0.517. The number of pyridine rings is 1. The maximum absolute atomic E-state index is 16.8. The maximum atomic E-state index is 16.8. The lowest BCUT2D eigenvalue weighted by atomic mass is 9.82. The summed E-state index contributed by atoms with van der Waals surface area (Å²) in [6, 6.07) is 0.444. The summed E-state index contributed by atoms with van der Waals surface area (Å²) in [7, 11) is 0. The van der Waals surface area contributed by atoms with Crippen LogP contribution in [0.3, 0.4) is 0 Å². The third-order valence-corrected chi connectivity index (χ3v) is 9.69. The number of ether oxygens (including phenoxy) is 1. The number of piperazine rings is 1. The number of alkyl halides is 3. The maximum Gasteiger partial charge on any atom is 0.417 e. The second kappa shape index (κ2) is 9.97. The molecule has 1 unspecified atom stereocenters. The van der Waals surface area contributed by atoms with Crippen LogP contribution < -0.4 is 25.6 Å². The molecule has 2 aromatic heterocycles. The highest BCUT2D eigenvalue weighted by Gasteiger charge is 2.50. The number of halogens is 5. The van der Waals surface area contributed by atoms with E-state index in [-0.39, 0.29) is 47.7 Å². The number of nitrogen functional groups attached to an aromatic ring is 1. The molecule has 0 spiro atoms. The second-order valence-corrected chi connectivity index (χ2v) is 12.3. The van der Waals surface area contributed by atoms with Gasteiger partial charge in [0.1, 0.15) is 34.3 Å². The highest BCUT2D eigenvalue weighted by atomic mass is 19.4. The molecule has 4 aliphatic rings. The summed E-state index contributed by atoms with van der Waals surface area (Å²) in [4.78, 5) is 28.7. The van der Waals surface area contributed by atoms with Crippen LogP contribution in [0.15, 0.2) is 6.07 Å². The fourth-order valence-corrected chi connectivity index (χ4v) is 7.51. The Labute approximate surface area is 253 Å². The molecular formula is C29H30F5N7O4. The van der Waals surface area contributed by atoms with Gasteiger partial charge in [0.05, 0.1) is 35.9 Å². The lowest BCUT2D eigenvalue weighted by Gasteiger charge is -2.51. The lowest BCUT2D eigenvalue weighted by Crippen LogP contribution is -2.64. The molecule has 5 atom stereocenters. The zero-order valence-corrected chi connectivity index (χ0v) is 24.3. The number of hydrogen-bond donors (Lipinski definition) is 4. The van der Waals surface area contributed by atoms with Crippen LogP contribution in [-0.2, 0) is 11.0 Å². The van der Waals surface area contributed by atoms with Crippen LogP contribution in [0.25, 0.3) is 22.2 Å². The van der Waals surface area contributed by atoms with Gasteiger partial charge in [-0.1, -0.05) is 0 Å². The summed E-state index contributed by atoms with van der Waals surface area (Å²) >= 11 is 0. The van der Waals surface area contributed by atoms with Gasteiger partial charge in [-0.2, -0.15) is 18.2 Å². The highest BCUT2D eigenvalue weighted by molar-refractivity contribution is 5.98. The molecule has 3 aromatic rings. The summed E-state index contributed by atoms with van der Waals surface area (Å²) in [5.41, 5.74) is -0.380. The van der Waals surface area contributed by atoms with Crippen molar-refractivity contribution in [1.29, 1.82) is 0 Å². The number of nitrogens with two attached hydrogens (primary N) is 1. The van der Waals surface area contributed by atoms with Crippen LogP contribution in [0.5, 0.6) is 5.88 Å². The van der Waals surface area contributed by atoms with E-state index in [4.69, 9.17) is 15.5 Å². The number of carboxylic acid groups (broad SMARTS) is 1. The van der Waals surface area contributed by atoms with Crippen molar-refractivity contribution in [2.75, 3.05) is 35.2 Å². The van der Waals surface area contributed by atoms with Gasteiger partial charge < -0.3 is 35.8 Å². The third kappa shape index (κ3) is 4.35. The molecule has 0 radical (unpaired) electrons. The number of fused-ring (bicyclic) bond motifs is 5. The Morgan fingerprint density at radius 3 is 2.62 bits per heavy atom. The number of aliphatic hydroxyl groups excluding tert-OH is 1.